The molecule has 0 bridgehead atoms. The fourth-order valence-corrected chi connectivity index (χ4v) is 2.07. The van der Waals surface area contributed by atoms with Gasteiger partial charge < -0.3 is 9.14 Å². The number of benzene rings is 1. The van der Waals surface area contributed by atoms with Crippen LogP contribution in [0.15, 0.2) is 48.7 Å². The lowest BCUT2D eigenvalue weighted by Gasteiger charge is -2.01. The normalized spacial score (nSPS) is 10.2. The summed E-state index contributed by atoms with van der Waals surface area (Å²) in [6.07, 6.45) is 2.06. The Balaban J connectivity index is 0.00000133. The first-order valence-corrected chi connectivity index (χ1v) is 5.87. The number of aromatic nitrogens is 2. The van der Waals surface area contributed by atoms with Crippen molar-refractivity contribution < 1.29 is 4.74 Å². The van der Waals surface area contributed by atoms with Crippen molar-refractivity contribution >= 4 is 29.6 Å². The monoisotopic (exact) mass is 366 g/mol. The fraction of sp³-hybridized carbons (Fsp3) is 0.133. The summed E-state index contributed by atoms with van der Waals surface area (Å²) < 4.78 is 7.33. The van der Waals surface area contributed by atoms with Crippen molar-refractivity contribution in [1.29, 1.82) is 0 Å². The Morgan fingerprint density at radius 2 is 1.89 bits per heavy atom. The minimum atomic E-state index is 0. The van der Waals surface area contributed by atoms with Crippen LogP contribution in [0.25, 0.3) is 16.9 Å². The smallest absolute Gasteiger partial charge is 0.137 e. The third-order valence-electron chi connectivity index (χ3n) is 3.06. The van der Waals surface area contributed by atoms with Crippen LogP contribution in [-0.2, 0) is 0 Å². The molecule has 1 aromatic carbocycles. The summed E-state index contributed by atoms with van der Waals surface area (Å²) in [7, 11) is 1.67. The Labute approximate surface area is 129 Å². The third kappa shape index (κ3) is 2.58. The van der Waals surface area contributed by atoms with Crippen molar-refractivity contribution in [2.24, 2.45) is 0 Å². The van der Waals surface area contributed by atoms with Crippen LogP contribution >= 0.6 is 24.0 Å². The highest BCUT2D eigenvalue weighted by Gasteiger charge is 2.06. The van der Waals surface area contributed by atoms with Crippen LogP contribution in [0.4, 0.5) is 0 Å². The molecule has 0 fully saturated rings. The van der Waals surface area contributed by atoms with Gasteiger partial charge in [0.1, 0.15) is 11.4 Å². The van der Waals surface area contributed by atoms with Gasteiger partial charge in [-0.05, 0) is 31.2 Å². The van der Waals surface area contributed by atoms with E-state index in [1.165, 1.54) is 5.69 Å². The van der Waals surface area contributed by atoms with E-state index in [0.717, 1.165) is 22.7 Å². The molecule has 0 saturated heterocycles. The molecule has 3 nitrogen and oxygen atoms in total. The molecule has 3 aromatic rings. The first-order chi connectivity index (χ1) is 8.78. The maximum absolute atomic E-state index is 5.24. The van der Waals surface area contributed by atoms with Crippen LogP contribution in [0, 0.1) is 6.92 Å². The molecule has 0 N–H and O–H groups in total. The number of hydrogen-bond donors (Lipinski definition) is 0. The van der Waals surface area contributed by atoms with Gasteiger partial charge in [0.25, 0.3) is 0 Å². The topological polar surface area (TPSA) is 26.5 Å². The lowest BCUT2D eigenvalue weighted by Crippen LogP contribution is -1.86. The van der Waals surface area contributed by atoms with Gasteiger partial charge in [-0.15, -0.1) is 24.0 Å². The zero-order chi connectivity index (χ0) is 12.5. The Morgan fingerprint density at radius 1 is 1.11 bits per heavy atom. The number of imidazole rings is 1. The number of nitrogens with zero attached hydrogens (tertiary/aromatic N) is 2. The molecule has 0 amide bonds. The lowest BCUT2D eigenvalue weighted by atomic mass is 10.1. The first kappa shape index (κ1) is 13.9. The second-order valence-corrected chi connectivity index (χ2v) is 4.25. The highest BCUT2D eigenvalue weighted by molar-refractivity contribution is 14.0. The van der Waals surface area contributed by atoms with Crippen LogP contribution in [0.5, 0.6) is 5.75 Å². The molecule has 2 aromatic heterocycles. The number of hydrogen-bond acceptors (Lipinski definition) is 2. The Kier molecular flexibility index (Phi) is 4.09. The van der Waals surface area contributed by atoms with Crippen molar-refractivity contribution in [2.45, 2.75) is 6.92 Å². The zero-order valence-corrected chi connectivity index (χ0v) is 13.2. The Morgan fingerprint density at radius 3 is 2.63 bits per heavy atom. The van der Waals surface area contributed by atoms with E-state index in [1.54, 1.807) is 7.11 Å². The predicted octanol–water partition coefficient (Wildman–Crippen LogP) is 3.94. The van der Waals surface area contributed by atoms with Gasteiger partial charge in [0.2, 0.25) is 0 Å². The van der Waals surface area contributed by atoms with Crippen molar-refractivity contribution in [2.75, 3.05) is 7.11 Å². The SMILES string of the molecule is COc1cccc(-c2cn3c(C)cccc3n2)c1.I. The molecule has 0 spiro atoms. The number of methoxy groups -OCH3 is 1. The maximum Gasteiger partial charge on any atom is 0.137 e. The second-order valence-electron chi connectivity index (χ2n) is 4.25. The molecule has 0 saturated carbocycles. The van der Waals surface area contributed by atoms with E-state index in [-0.39, 0.29) is 24.0 Å². The van der Waals surface area contributed by atoms with Crippen molar-refractivity contribution in [3.8, 4) is 17.0 Å². The average Bonchev–Trinajstić information content (AvgIpc) is 2.84. The predicted molar refractivity (Wildman–Crippen MR) is 87.3 cm³/mol. The largest absolute Gasteiger partial charge is 0.497 e. The van der Waals surface area contributed by atoms with Gasteiger partial charge in [-0.2, -0.15) is 0 Å². The Bertz CT molecular complexity index is 706. The van der Waals surface area contributed by atoms with Gasteiger partial charge in [-0.3, -0.25) is 0 Å². The summed E-state index contributed by atoms with van der Waals surface area (Å²) in [5.41, 5.74) is 4.17. The van der Waals surface area contributed by atoms with Gasteiger partial charge in [0.15, 0.2) is 0 Å². The minimum Gasteiger partial charge on any atom is -0.497 e. The van der Waals surface area contributed by atoms with Crippen LogP contribution < -0.4 is 4.74 Å². The summed E-state index contributed by atoms with van der Waals surface area (Å²) in [5.74, 6) is 0.848. The molecule has 3 rings (SSSR count). The number of halogens is 1. The van der Waals surface area contributed by atoms with Gasteiger partial charge in [0.05, 0.1) is 12.8 Å². The molecule has 0 unspecified atom stereocenters. The molecule has 0 atom stereocenters. The van der Waals surface area contributed by atoms with E-state index in [0.29, 0.717) is 0 Å². The molecule has 19 heavy (non-hydrogen) atoms. The van der Waals surface area contributed by atoms with E-state index in [2.05, 4.69) is 28.6 Å². The zero-order valence-electron chi connectivity index (χ0n) is 10.8. The standard InChI is InChI=1S/C15H14N2O.HI/c1-11-5-3-8-15-16-14(10-17(11)15)12-6-4-7-13(9-12)18-2;/h3-10H,1-2H3;1H. The van der Waals surface area contributed by atoms with Crippen LogP contribution in [0.2, 0.25) is 0 Å². The molecular formula is C15H15IN2O. The van der Waals surface area contributed by atoms with E-state index in [4.69, 9.17) is 4.74 Å². The quantitative estimate of drug-likeness (QED) is 0.643. The highest BCUT2D eigenvalue weighted by Crippen LogP contribution is 2.23. The van der Waals surface area contributed by atoms with E-state index < -0.39 is 0 Å². The van der Waals surface area contributed by atoms with Gasteiger partial charge in [-0.1, -0.05) is 18.2 Å². The number of pyridine rings is 1. The molecule has 0 aliphatic carbocycles. The van der Waals surface area contributed by atoms with Crippen LogP contribution in [0.1, 0.15) is 5.69 Å². The highest BCUT2D eigenvalue weighted by atomic mass is 127. The van der Waals surface area contributed by atoms with E-state index in [9.17, 15) is 0 Å². The van der Waals surface area contributed by atoms with E-state index >= 15 is 0 Å². The van der Waals surface area contributed by atoms with Crippen LogP contribution in [-0.4, -0.2) is 16.5 Å². The van der Waals surface area contributed by atoms with E-state index in [1.807, 2.05) is 36.4 Å². The first-order valence-electron chi connectivity index (χ1n) is 5.87. The van der Waals surface area contributed by atoms with Gasteiger partial charge >= 0.3 is 0 Å². The molecule has 0 aliphatic rings. The number of ether oxygens (including phenoxy) is 1. The lowest BCUT2D eigenvalue weighted by molar-refractivity contribution is 0.415. The molecule has 2 heterocycles. The average molecular weight is 366 g/mol. The van der Waals surface area contributed by atoms with Crippen molar-refractivity contribution in [3.05, 3.63) is 54.4 Å². The third-order valence-corrected chi connectivity index (χ3v) is 3.06. The molecule has 4 heteroatoms. The van der Waals surface area contributed by atoms with Gasteiger partial charge in [-0.25, -0.2) is 4.98 Å². The minimum absolute atomic E-state index is 0. The summed E-state index contributed by atoms with van der Waals surface area (Å²) in [5, 5.41) is 0. The summed E-state index contributed by atoms with van der Waals surface area (Å²) in [4.78, 5) is 4.63. The molecule has 98 valence electrons. The molecule has 0 radical (unpaired) electrons. The summed E-state index contributed by atoms with van der Waals surface area (Å²) in [6.45, 7) is 2.07. The molecule has 0 aliphatic heterocycles. The Hall–Kier alpha value is -1.56. The summed E-state index contributed by atoms with van der Waals surface area (Å²) >= 11 is 0. The number of rotatable bonds is 2. The summed E-state index contributed by atoms with van der Waals surface area (Å²) in [6, 6.07) is 14.1. The van der Waals surface area contributed by atoms with Gasteiger partial charge in [0, 0.05) is 17.5 Å². The molecular weight excluding hydrogens is 351 g/mol. The maximum atomic E-state index is 5.24. The van der Waals surface area contributed by atoms with Crippen molar-refractivity contribution in [1.82, 2.24) is 9.38 Å². The second kappa shape index (κ2) is 5.61. The number of fused-ring (bicyclic) bond motifs is 1. The van der Waals surface area contributed by atoms with Crippen molar-refractivity contribution in [3.63, 3.8) is 0 Å². The fourth-order valence-electron chi connectivity index (χ4n) is 2.07. The number of aryl methyl sites for hydroxylation is 1. The van der Waals surface area contributed by atoms with Crippen LogP contribution in [0.3, 0.4) is 0 Å².